The van der Waals surface area contributed by atoms with Gasteiger partial charge in [0.15, 0.2) is 0 Å². The van der Waals surface area contributed by atoms with Crippen LogP contribution in [0.2, 0.25) is 0 Å². The van der Waals surface area contributed by atoms with Gasteiger partial charge in [-0.25, -0.2) is 0 Å². The minimum Gasteiger partial charge on any atom is -0.469 e. The molecule has 0 radical (unpaired) electrons. The number of para-hydroxylation sites is 1. The molecule has 1 aliphatic heterocycles. The van der Waals surface area contributed by atoms with E-state index in [9.17, 15) is 9.59 Å². The van der Waals surface area contributed by atoms with Gasteiger partial charge in [0.1, 0.15) is 5.25 Å². The molecule has 0 fully saturated rings. The summed E-state index contributed by atoms with van der Waals surface area (Å²) >= 11 is 1.40. The summed E-state index contributed by atoms with van der Waals surface area (Å²) in [6.45, 7) is 1.71. The molecule has 0 saturated carbocycles. The van der Waals surface area contributed by atoms with Crippen LogP contribution in [0.4, 0.5) is 5.69 Å². The highest BCUT2D eigenvalue weighted by Crippen LogP contribution is 2.38. The molecule has 90 valence electrons. The lowest BCUT2D eigenvalue weighted by atomic mass is 10.1. The minimum atomic E-state index is -0.460. The van der Waals surface area contributed by atoms with Crippen LogP contribution in [0.25, 0.3) is 0 Å². The van der Waals surface area contributed by atoms with Crippen molar-refractivity contribution in [2.24, 2.45) is 5.92 Å². The first-order chi connectivity index (χ1) is 8.13. The van der Waals surface area contributed by atoms with Crippen LogP contribution in [0.15, 0.2) is 29.2 Å². The van der Waals surface area contributed by atoms with Crippen LogP contribution in [-0.4, -0.2) is 24.2 Å². The summed E-state index contributed by atoms with van der Waals surface area (Å²) in [5.41, 5.74) is 0.802. The van der Waals surface area contributed by atoms with Gasteiger partial charge in [-0.2, -0.15) is 0 Å². The third-order valence-corrected chi connectivity index (χ3v) is 4.17. The first-order valence-corrected chi connectivity index (χ1v) is 6.16. The van der Waals surface area contributed by atoms with Gasteiger partial charge < -0.3 is 10.1 Å². The standard InChI is InChI=1S/C12H13NO3S/c1-7(12(15)16-2)10-11(14)13-8-5-3-4-6-9(8)17-10/h3-7,10H,1-2H3,(H,13,14)/t7-,10+/m1/s1. The van der Waals surface area contributed by atoms with Crippen molar-refractivity contribution in [3.8, 4) is 0 Å². The Bertz CT molecular complexity index is 461. The van der Waals surface area contributed by atoms with E-state index < -0.39 is 11.2 Å². The van der Waals surface area contributed by atoms with E-state index in [1.54, 1.807) is 6.92 Å². The fraction of sp³-hybridized carbons (Fsp3) is 0.333. The topological polar surface area (TPSA) is 55.4 Å². The van der Waals surface area contributed by atoms with Crippen LogP contribution in [0.5, 0.6) is 0 Å². The molecular weight excluding hydrogens is 238 g/mol. The fourth-order valence-corrected chi connectivity index (χ4v) is 2.86. The van der Waals surface area contributed by atoms with E-state index >= 15 is 0 Å². The predicted octanol–water partition coefficient (Wildman–Crippen LogP) is 1.91. The van der Waals surface area contributed by atoms with Crippen LogP contribution in [0.3, 0.4) is 0 Å². The second-order valence-electron chi connectivity index (χ2n) is 3.84. The molecule has 4 nitrogen and oxygen atoms in total. The molecule has 0 aromatic heterocycles. The molecular formula is C12H13NO3S. The Morgan fingerprint density at radius 2 is 2.18 bits per heavy atom. The van der Waals surface area contributed by atoms with Crippen LogP contribution in [0.1, 0.15) is 6.92 Å². The summed E-state index contributed by atoms with van der Waals surface area (Å²) < 4.78 is 4.67. The van der Waals surface area contributed by atoms with E-state index in [1.165, 1.54) is 18.9 Å². The number of thioether (sulfide) groups is 1. The highest BCUT2D eigenvalue weighted by molar-refractivity contribution is 8.01. The van der Waals surface area contributed by atoms with Crippen molar-refractivity contribution in [3.63, 3.8) is 0 Å². The molecule has 1 heterocycles. The summed E-state index contributed by atoms with van der Waals surface area (Å²) in [4.78, 5) is 24.3. The molecule has 0 unspecified atom stereocenters. The number of carbonyl (C=O) groups is 2. The van der Waals surface area contributed by atoms with Gasteiger partial charge in [-0.1, -0.05) is 19.1 Å². The summed E-state index contributed by atoms with van der Waals surface area (Å²) in [5.74, 6) is -0.970. The second kappa shape index (κ2) is 4.79. The van der Waals surface area contributed by atoms with Crippen molar-refractivity contribution in [2.45, 2.75) is 17.1 Å². The quantitative estimate of drug-likeness (QED) is 0.816. The van der Waals surface area contributed by atoms with Gasteiger partial charge in [-0.3, -0.25) is 9.59 Å². The van der Waals surface area contributed by atoms with Crippen molar-refractivity contribution >= 4 is 29.3 Å². The van der Waals surface area contributed by atoms with Gasteiger partial charge in [-0.05, 0) is 12.1 Å². The molecule has 0 saturated heterocycles. The zero-order valence-corrected chi connectivity index (χ0v) is 10.4. The van der Waals surface area contributed by atoms with Crippen LogP contribution >= 0.6 is 11.8 Å². The molecule has 1 aromatic rings. The highest BCUT2D eigenvalue weighted by Gasteiger charge is 2.35. The van der Waals surface area contributed by atoms with Crippen molar-refractivity contribution in [2.75, 3.05) is 12.4 Å². The van der Waals surface area contributed by atoms with E-state index in [2.05, 4.69) is 10.1 Å². The molecule has 1 aliphatic rings. The number of carbonyl (C=O) groups excluding carboxylic acids is 2. The van der Waals surface area contributed by atoms with Crippen LogP contribution in [-0.2, 0) is 14.3 Å². The van der Waals surface area contributed by atoms with Crippen molar-refractivity contribution in [3.05, 3.63) is 24.3 Å². The Hall–Kier alpha value is -1.49. The van der Waals surface area contributed by atoms with E-state index in [4.69, 9.17) is 0 Å². The molecule has 2 atom stereocenters. The van der Waals surface area contributed by atoms with Gasteiger partial charge in [-0.15, -0.1) is 11.8 Å². The number of esters is 1. The Morgan fingerprint density at radius 1 is 1.47 bits per heavy atom. The summed E-state index contributed by atoms with van der Waals surface area (Å²) in [7, 11) is 1.33. The third kappa shape index (κ3) is 2.29. The van der Waals surface area contributed by atoms with E-state index in [0.717, 1.165) is 10.6 Å². The Balaban J connectivity index is 2.23. The van der Waals surface area contributed by atoms with Crippen LogP contribution in [0, 0.1) is 5.92 Å². The maximum Gasteiger partial charge on any atom is 0.310 e. The molecule has 2 rings (SSSR count). The molecule has 17 heavy (non-hydrogen) atoms. The lowest BCUT2D eigenvalue weighted by Gasteiger charge is -2.26. The normalized spacial score (nSPS) is 20.1. The van der Waals surface area contributed by atoms with E-state index in [-0.39, 0.29) is 11.9 Å². The minimum absolute atomic E-state index is 0.147. The Kier molecular flexibility index (Phi) is 3.38. The predicted molar refractivity (Wildman–Crippen MR) is 65.9 cm³/mol. The molecule has 0 spiro atoms. The number of nitrogens with one attached hydrogen (secondary N) is 1. The maximum atomic E-state index is 11.9. The lowest BCUT2D eigenvalue weighted by Crippen LogP contribution is -2.37. The first kappa shape index (κ1) is 12.0. The number of ether oxygens (including phenoxy) is 1. The number of hydrogen-bond acceptors (Lipinski definition) is 4. The molecule has 1 amide bonds. The van der Waals surface area contributed by atoms with Gasteiger partial charge in [0, 0.05) is 4.90 Å². The van der Waals surface area contributed by atoms with E-state index in [1.807, 2.05) is 24.3 Å². The molecule has 1 aromatic carbocycles. The number of benzene rings is 1. The summed E-state index contributed by atoms with van der Waals surface area (Å²) in [6.07, 6.45) is 0. The number of hydrogen-bond donors (Lipinski definition) is 1. The zero-order chi connectivity index (χ0) is 12.4. The zero-order valence-electron chi connectivity index (χ0n) is 9.60. The van der Waals surface area contributed by atoms with Gasteiger partial charge in [0.2, 0.25) is 5.91 Å². The maximum absolute atomic E-state index is 11.9. The number of rotatable bonds is 2. The Labute approximate surface area is 104 Å². The van der Waals surface area contributed by atoms with Crippen LogP contribution < -0.4 is 5.32 Å². The number of amides is 1. The monoisotopic (exact) mass is 251 g/mol. The SMILES string of the molecule is COC(=O)[C@H](C)[C@@H]1Sc2ccccc2NC1=O. The second-order valence-corrected chi connectivity index (χ2v) is 5.02. The molecule has 0 bridgehead atoms. The van der Waals surface area contributed by atoms with E-state index in [0.29, 0.717) is 0 Å². The fourth-order valence-electron chi connectivity index (χ4n) is 1.71. The lowest BCUT2D eigenvalue weighted by molar-refractivity contribution is -0.145. The van der Waals surface area contributed by atoms with Gasteiger partial charge in [0.05, 0.1) is 18.7 Å². The average molecular weight is 251 g/mol. The third-order valence-electron chi connectivity index (χ3n) is 2.68. The largest absolute Gasteiger partial charge is 0.469 e. The summed E-state index contributed by atoms with van der Waals surface area (Å²) in [6, 6.07) is 7.54. The number of methoxy groups -OCH3 is 1. The van der Waals surface area contributed by atoms with Gasteiger partial charge in [0.25, 0.3) is 0 Å². The van der Waals surface area contributed by atoms with Crippen molar-refractivity contribution in [1.82, 2.24) is 0 Å². The Morgan fingerprint density at radius 3 is 2.88 bits per heavy atom. The molecule has 1 N–H and O–H groups in total. The molecule has 0 aliphatic carbocycles. The number of fused-ring (bicyclic) bond motifs is 1. The van der Waals surface area contributed by atoms with Crippen molar-refractivity contribution in [1.29, 1.82) is 0 Å². The highest BCUT2D eigenvalue weighted by atomic mass is 32.2. The first-order valence-electron chi connectivity index (χ1n) is 5.28. The number of anilines is 1. The molecule has 5 heteroatoms. The smallest absolute Gasteiger partial charge is 0.310 e. The average Bonchev–Trinajstić information content (AvgIpc) is 2.36. The van der Waals surface area contributed by atoms with Crippen molar-refractivity contribution < 1.29 is 14.3 Å². The van der Waals surface area contributed by atoms with Gasteiger partial charge >= 0.3 is 5.97 Å². The summed E-state index contributed by atoms with van der Waals surface area (Å²) in [5, 5.41) is 2.37.